The molecule has 128 valence electrons. The number of rotatable bonds is 3. The number of carbonyl (C=O) groups excluding carboxylic acids is 1. The highest BCUT2D eigenvalue weighted by molar-refractivity contribution is 6.38. The number of benzene rings is 1. The normalized spacial score (nSPS) is 15.9. The Balaban J connectivity index is 1.88. The van der Waals surface area contributed by atoms with Crippen molar-refractivity contribution in [3.05, 3.63) is 44.2 Å². The molecule has 2 N–H and O–H groups in total. The summed E-state index contributed by atoms with van der Waals surface area (Å²) in [6.45, 7) is 3.33. The van der Waals surface area contributed by atoms with E-state index in [4.69, 9.17) is 32.7 Å². The number of quaternary nitrogens is 1. The molecule has 1 aromatic heterocycles. The highest BCUT2D eigenvalue weighted by atomic mass is 35.5. The summed E-state index contributed by atoms with van der Waals surface area (Å²) in [5.74, 6) is -0.357. The Morgan fingerprint density at radius 1 is 1.25 bits per heavy atom. The number of halogens is 2. The van der Waals surface area contributed by atoms with Gasteiger partial charge in [-0.15, -0.1) is 0 Å². The molecule has 0 bridgehead atoms. The second-order valence-electron chi connectivity index (χ2n) is 5.77. The molecule has 1 amide bonds. The maximum Gasteiger partial charge on any atom is 0.349 e. The van der Waals surface area contributed by atoms with E-state index in [1.165, 1.54) is 17.0 Å². The summed E-state index contributed by atoms with van der Waals surface area (Å²) in [6, 6.07) is 4.57. The van der Waals surface area contributed by atoms with Gasteiger partial charge in [0, 0.05) is 10.4 Å². The zero-order valence-electron chi connectivity index (χ0n) is 12.8. The summed E-state index contributed by atoms with van der Waals surface area (Å²) in [4.78, 5) is 27.7. The molecule has 1 aliphatic rings. The molecule has 0 saturated carbocycles. The van der Waals surface area contributed by atoms with Crippen LogP contribution in [0.2, 0.25) is 10.0 Å². The molecular formula is C16H17Cl2N2O4+. The molecule has 0 atom stereocenters. The molecule has 2 heterocycles. The smallest absolute Gasteiger partial charge is 0.349 e. The molecule has 1 saturated heterocycles. The van der Waals surface area contributed by atoms with Gasteiger partial charge in [-0.25, -0.2) is 4.79 Å². The van der Waals surface area contributed by atoms with Crippen molar-refractivity contribution in [1.29, 1.82) is 0 Å². The molecular weight excluding hydrogens is 355 g/mol. The number of hydrogen-bond donors (Lipinski definition) is 2. The van der Waals surface area contributed by atoms with E-state index in [1.54, 1.807) is 11.0 Å². The summed E-state index contributed by atoms with van der Waals surface area (Å²) in [6.07, 6.45) is 0. The molecule has 0 aliphatic carbocycles. The summed E-state index contributed by atoms with van der Waals surface area (Å²) in [5.41, 5.74) is -0.506. The van der Waals surface area contributed by atoms with Crippen molar-refractivity contribution in [2.75, 3.05) is 39.3 Å². The van der Waals surface area contributed by atoms with E-state index in [9.17, 15) is 9.59 Å². The lowest BCUT2D eigenvalue weighted by molar-refractivity contribution is -0.904. The van der Waals surface area contributed by atoms with E-state index in [1.807, 2.05) is 0 Å². The molecule has 8 heteroatoms. The van der Waals surface area contributed by atoms with Crippen LogP contribution in [0.3, 0.4) is 0 Å². The van der Waals surface area contributed by atoms with Gasteiger partial charge in [0.25, 0.3) is 5.91 Å². The minimum Gasteiger partial charge on any atom is -0.421 e. The minimum absolute atomic E-state index is 0.0218. The van der Waals surface area contributed by atoms with Crippen molar-refractivity contribution in [1.82, 2.24) is 4.90 Å². The number of piperazine rings is 1. The van der Waals surface area contributed by atoms with Crippen LogP contribution in [0.25, 0.3) is 11.0 Å². The second kappa shape index (κ2) is 7.11. The molecule has 1 fully saturated rings. The fourth-order valence-electron chi connectivity index (χ4n) is 2.91. The predicted octanol–water partition coefficient (Wildman–Crippen LogP) is 0.433. The van der Waals surface area contributed by atoms with E-state index < -0.39 is 5.63 Å². The van der Waals surface area contributed by atoms with Gasteiger partial charge in [-0.2, -0.15) is 0 Å². The van der Waals surface area contributed by atoms with Gasteiger partial charge >= 0.3 is 5.63 Å². The number of carbonyl (C=O) groups is 1. The van der Waals surface area contributed by atoms with Crippen molar-refractivity contribution in [3.8, 4) is 0 Å². The fourth-order valence-corrected chi connectivity index (χ4v) is 3.46. The maximum atomic E-state index is 12.6. The fraction of sp³-hybridized carbons (Fsp3) is 0.375. The third kappa shape index (κ3) is 3.42. The lowest BCUT2D eigenvalue weighted by Crippen LogP contribution is -3.15. The zero-order chi connectivity index (χ0) is 17.3. The van der Waals surface area contributed by atoms with Gasteiger partial charge in [-0.1, -0.05) is 23.2 Å². The lowest BCUT2D eigenvalue weighted by atomic mass is 10.1. The van der Waals surface area contributed by atoms with Crippen LogP contribution in [0.15, 0.2) is 27.4 Å². The standard InChI is InChI=1S/C16H16Cl2N2O4/c17-11-7-10-8-12(16(23)24-14(10)13(18)9-11)15(22)20-3-1-19(2-4-20)5-6-21/h7-9,21H,1-6H2/p+1. The average molecular weight is 372 g/mol. The highest BCUT2D eigenvalue weighted by Crippen LogP contribution is 2.27. The lowest BCUT2D eigenvalue weighted by Gasteiger charge is -2.31. The molecule has 2 aromatic rings. The van der Waals surface area contributed by atoms with Gasteiger partial charge in [-0.05, 0) is 18.2 Å². The topological polar surface area (TPSA) is 75.2 Å². The van der Waals surface area contributed by atoms with E-state index in [0.717, 1.165) is 13.1 Å². The molecule has 24 heavy (non-hydrogen) atoms. The van der Waals surface area contributed by atoms with Gasteiger partial charge in [0.05, 0.1) is 37.8 Å². The van der Waals surface area contributed by atoms with Gasteiger partial charge in [0.15, 0.2) is 5.58 Å². The van der Waals surface area contributed by atoms with Crippen LogP contribution in [-0.2, 0) is 0 Å². The van der Waals surface area contributed by atoms with Crippen molar-refractivity contribution < 1.29 is 19.2 Å². The largest absolute Gasteiger partial charge is 0.421 e. The summed E-state index contributed by atoms with van der Waals surface area (Å²) in [5, 5.41) is 10.1. The van der Waals surface area contributed by atoms with Crippen molar-refractivity contribution in [2.45, 2.75) is 0 Å². The Kier molecular flexibility index (Phi) is 5.10. The molecule has 0 radical (unpaired) electrons. The Morgan fingerprint density at radius 2 is 1.96 bits per heavy atom. The number of nitrogens with one attached hydrogen (secondary N) is 1. The Bertz CT molecular complexity index is 829. The number of nitrogens with zero attached hydrogens (tertiary/aromatic N) is 1. The van der Waals surface area contributed by atoms with Gasteiger partial charge in [-0.3, -0.25) is 4.79 Å². The monoisotopic (exact) mass is 371 g/mol. The molecule has 1 aliphatic heterocycles. The number of amides is 1. The van der Waals surface area contributed by atoms with E-state index in [-0.39, 0.29) is 28.7 Å². The SMILES string of the molecule is O=C(c1cc2cc(Cl)cc(Cl)c2oc1=O)N1CC[NH+](CCO)CC1. The Morgan fingerprint density at radius 3 is 2.62 bits per heavy atom. The van der Waals surface area contributed by atoms with Crippen LogP contribution in [0, 0.1) is 0 Å². The van der Waals surface area contributed by atoms with Crippen LogP contribution in [-0.4, -0.2) is 55.2 Å². The van der Waals surface area contributed by atoms with Crippen molar-refractivity contribution >= 4 is 40.1 Å². The quantitative estimate of drug-likeness (QED) is 0.767. The molecule has 3 rings (SSSR count). The predicted molar refractivity (Wildman–Crippen MR) is 91.1 cm³/mol. The second-order valence-corrected chi connectivity index (χ2v) is 6.61. The van der Waals surface area contributed by atoms with Crippen molar-refractivity contribution in [2.24, 2.45) is 0 Å². The van der Waals surface area contributed by atoms with E-state index in [2.05, 4.69) is 0 Å². The average Bonchev–Trinajstić information content (AvgIpc) is 2.55. The number of fused-ring (bicyclic) bond motifs is 1. The van der Waals surface area contributed by atoms with Gasteiger partial charge < -0.3 is 19.3 Å². The van der Waals surface area contributed by atoms with Gasteiger partial charge in [0.2, 0.25) is 0 Å². The summed E-state index contributed by atoms with van der Waals surface area (Å²) in [7, 11) is 0. The molecule has 6 nitrogen and oxygen atoms in total. The van der Waals surface area contributed by atoms with Crippen LogP contribution in [0.5, 0.6) is 0 Å². The third-order valence-electron chi connectivity index (χ3n) is 4.21. The first-order valence-corrected chi connectivity index (χ1v) is 8.42. The number of hydrogen-bond acceptors (Lipinski definition) is 4. The molecule has 1 aromatic carbocycles. The van der Waals surface area contributed by atoms with E-state index >= 15 is 0 Å². The van der Waals surface area contributed by atoms with Crippen LogP contribution in [0.1, 0.15) is 10.4 Å². The third-order valence-corrected chi connectivity index (χ3v) is 4.70. The first kappa shape index (κ1) is 17.2. The van der Waals surface area contributed by atoms with Crippen LogP contribution < -0.4 is 10.5 Å². The first-order chi connectivity index (χ1) is 11.5. The van der Waals surface area contributed by atoms with Crippen LogP contribution >= 0.6 is 23.2 Å². The first-order valence-electron chi connectivity index (χ1n) is 7.66. The minimum atomic E-state index is -0.707. The number of aliphatic hydroxyl groups excluding tert-OH is 1. The molecule has 0 spiro atoms. The molecule has 0 unspecified atom stereocenters. The maximum absolute atomic E-state index is 12.6. The zero-order valence-corrected chi connectivity index (χ0v) is 14.4. The highest BCUT2D eigenvalue weighted by Gasteiger charge is 2.26. The van der Waals surface area contributed by atoms with Crippen LogP contribution in [0.4, 0.5) is 0 Å². The Labute approximate surface area is 148 Å². The summed E-state index contributed by atoms with van der Waals surface area (Å²) >= 11 is 12.0. The van der Waals surface area contributed by atoms with Crippen molar-refractivity contribution in [3.63, 3.8) is 0 Å². The Hall–Kier alpha value is -1.60. The number of aliphatic hydroxyl groups is 1. The van der Waals surface area contributed by atoms with Gasteiger partial charge in [0.1, 0.15) is 12.1 Å². The summed E-state index contributed by atoms with van der Waals surface area (Å²) < 4.78 is 5.22. The van der Waals surface area contributed by atoms with E-state index in [0.29, 0.717) is 30.0 Å².